The molecule has 2 heterocycles. The summed E-state index contributed by atoms with van der Waals surface area (Å²) in [5.74, 6) is -0.982. The summed E-state index contributed by atoms with van der Waals surface area (Å²) >= 11 is 12.4. The molecule has 2 unspecified atom stereocenters. The molecule has 1 N–H and O–H groups in total. The van der Waals surface area contributed by atoms with Crippen LogP contribution in [0.2, 0.25) is 10.0 Å². The molecule has 27 heavy (non-hydrogen) atoms. The van der Waals surface area contributed by atoms with Crippen LogP contribution in [-0.4, -0.2) is 45.8 Å². The summed E-state index contributed by atoms with van der Waals surface area (Å²) in [6.07, 6.45) is 5.14. The van der Waals surface area contributed by atoms with Crippen LogP contribution in [-0.2, 0) is 26.5 Å². The molecule has 1 aliphatic rings. The SMILES string of the molecule is CCOCC1COC(Cn2ccnc2)(c2ccc(Cl)cc2Cl)O1.O=[N+]([O-])O. The maximum absolute atomic E-state index is 8.36. The molecule has 0 bridgehead atoms. The number of imidazole rings is 1. The molecule has 0 aliphatic carbocycles. The van der Waals surface area contributed by atoms with Crippen molar-refractivity contribution < 1.29 is 24.5 Å². The van der Waals surface area contributed by atoms with Gasteiger partial charge in [-0.2, -0.15) is 0 Å². The number of hydrogen-bond acceptors (Lipinski definition) is 6. The van der Waals surface area contributed by atoms with E-state index in [9.17, 15) is 0 Å². The molecule has 0 radical (unpaired) electrons. The second-order valence-corrected chi connectivity index (χ2v) is 6.40. The fourth-order valence-corrected chi connectivity index (χ4v) is 3.18. The molecule has 11 heteroatoms. The van der Waals surface area contributed by atoms with Crippen LogP contribution in [0.3, 0.4) is 0 Å². The van der Waals surface area contributed by atoms with Crippen molar-refractivity contribution in [2.24, 2.45) is 0 Å². The van der Waals surface area contributed by atoms with Gasteiger partial charge in [0, 0.05) is 29.6 Å². The predicted molar refractivity (Wildman–Crippen MR) is 96.5 cm³/mol. The van der Waals surface area contributed by atoms with Crippen molar-refractivity contribution >= 4 is 23.2 Å². The number of rotatable bonds is 6. The van der Waals surface area contributed by atoms with Crippen LogP contribution >= 0.6 is 23.2 Å². The number of benzene rings is 1. The van der Waals surface area contributed by atoms with Crippen LogP contribution < -0.4 is 0 Å². The smallest absolute Gasteiger partial charge is 0.291 e. The minimum absolute atomic E-state index is 0.148. The number of nitrogens with zero attached hydrogens (tertiary/aromatic N) is 3. The largest absolute Gasteiger partial charge is 0.379 e. The van der Waals surface area contributed by atoms with E-state index < -0.39 is 10.9 Å². The zero-order valence-electron chi connectivity index (χ0n) is 14.5. The number of aromatic nitrogens is 2. The molecule has 1 aromatic heterocycles. The first-order chi connectivity index (χ1) is 12.9. The molecule has 1 aliphatic heterocycles. The summed E-state index contributed by atoms with van der Waals surface area (Å²) in [5.41, 5.74) is 0.747. The van der Waals surface area contributed by atoms with Gasteiger partial charge in [0.15, 0.2) is 0 Å². The van der Waals surface area contributed by atoms with Gasteiger partial charge in [0.25, 0.3) is 5.09 Å². The molecule has 0 saturated carbocycles. The normalized spacial score (nSPS) is 21.5. The molecule has 1 aromatic carbocycles. The Morgan fingerprint density at radius 1 is 1.52 bits per heavy atom. The summed E-state index contributed by atoms with van der Waals surface area (Å²) < 4.78 is 19.6. The van der Waals surface area contributed by atoms with Crippen molar-refractivity contribution in [3.63, 3.8) is 0 Å². The van der Waals surface area contributed by atoms with Gasteiger partial charge in [0.05, 0.1) is 31.1 Å². The van der Waals surface area contributed by atoms with Crippen molar-refractivity contribution in [3.8, 4) is 0 Å². The number of hydrogen-bond donors (Lipinski definition) is 1. The quantitative estimate of drug-likeness (QED) is 0.565. The van der Waals surface area contributed by atoms with E-state index in [0.717, 1.165) is 5.56 Å². The Hall–Kier alpha value is -1.91. The van der Waals surface area contributed by atoms with Crippen molar-refractivity contribution in [1.29, 1.82) is 0 Å². The van der Waals surface area contributed by atoms with Gasteiger partial charge in [0.2, 0.25) is 5.79 Å². The van der Waals surface area contributed by atoms with E-state index in [1.165, 1.54) is 0 Å². The van der Waals surface area contributed by atoms with Crippen LogP contribution in [0, 0.1) is 10.1 Å². The standard InChI is InChI=1S/C16H18Cl2N2O3.HNO3/c1-2-21-8-13-9-22-16(23-13,10-20-6-5-19-11-20)14-4-3-12(17)7-15(14)18;2-1(3)4/h3-7,11,13H,2,8-10H2,1H3;(H,2,3,4). The monoisotopic (exact) mass is 419 g/mol. The van der Waals surface area contributed by atoms with Crippen LogP contribution in [0.25, 0.3) is 0 Å². The van der Waals surface area contributed by atoms with Gasteiger partial charge in [-0.3, -0.25) is 0 Å². The molecular weight excluding hydrogens is 401 g/mol. The molecular formula is C16H19Cl2N3O6. The third-order valence-corrected chi connectivity index (χ3v) is 4.21. The highest BCUT2D eigenvalue weighted by molar-refractivity contribution is 6.35. The molecule has 148 valence electrons. The predicted octanol–water partition coefficient (Wildman–Crippen LogP) is 3.15. The first-order valence-electron chi connectivity index (χ1n) is 8.00. The fraction of sp³-hybridized carbons (Fsp3) is 0.438. The number of ether oxygens (including phenoxy) is 3. The lowest BCUT2D eigenvalue weighted by molar-refractivity contribution is -0.742. The Morgan fingerprint density at radius 2 is 2.26 bits per heavy atom. The Balaban J connectivity index is 0.000000596. The minimum Gasteiger partial charge on any atom is -0.379 e. The fourth-order valence-electron chi connectivity index (χ4n) is 2.62. The second-order valence-electron chi connectivity index (χ2n) is 5.56. The van der Waals surface area contributed by atoms with Crippen molar-refractivity contribution in [2.45, 2.75) is 25.4 Å². The summed E-state index contributed by atoms with van der Waals surface area (Å²) in [6, 6.07) is 5.31. The van der Waals surface area contributed by atoms with E-state index in [4.69, 9.17) is 52.7 Å². The highest BCUT2D eigenvalue weighted by atomic mass is 35.5. The van der Waals surface area contributed by atoms with Gasteiger partial charge in [-0.05, 0) is 19.1 Å². The summed E-state index contributed by atoms with van der Waals surface area (Å²) in [6.45, 7) is 3.94. The van der Waals surface area contributed by atoms with E-state index in [1.807, 2.05) is 23.8 Å². The Bertz CT molecular complexity index is 742. The van der Waals surface area contributed by atoms with Crippen molar-refractivity contribution in [3.05, 3.63) is 62.6 Å². The molecule has 3 rings (SSSR count). The molecule has 9 nitrogen and oxygen atoms in total. The Labute approximate surface area is 165 Å². The lowest BCUT2D eigenvalue weighted by atomic mass is 10.1. The molecule has 1 saturated heterocycles. The van der Waals surface area contributed by atoms with Gasteiger partial charge in [-0.1, -0.05) is 29.3 Å². The summed E-state index contributed by atoms with van der Waals surface area (Å²) in [4.78, 5) is 12.4. The number of halogens is 2. The Morgan fingerprint density at radius 3 is 2.85 bits per heavy atom. The van der Waals surface area contributed by atoms with Crippen LogP contribution in [0.15, 0.2) is 36.9 Å². The maximum atomic E-state index is 8.36. The van der Waals surface area contributed by atoms with E-state index >= 15 is 0 Å². The van der Waals surface area contributed by atoms with Gasteiger partial charge < -0.3 is 24.0 Å². The van der Waals surface area contributed by atoms with Crippen molar-refractivity contribution in [1.82, 2.24) is 9.55 Å². The van der Waals surface area contributed by atoms with E-state index in [1.54, 1.807) is 24.7 Å². The van der Waals surface area contributed by atoms with Crippen molar-refractivity contribution in [2.75, 3.05) is 19.8 Å². The van der Waals surface area contributed by atoms with Gasteiger partial charge in [-0.15, -0.1) is 10.1 Å². The topological polar surface area (TPSA) is 109 Å². The third kappa shape index (κ3) is 6.05. The highest BCUT2D eigenvalue weighted by Gasteiger charge is 2.45. The van der Waals surface area contributed by atoms with Crippen LogP contribution in [0.4, 0.5) is 0 Å². The average Bonchev–Trinajstić information content (AvgIpc) is 3.23. The zero-order chi connectivity index (χ0) is 19.9. The Kier molecular flexibility index (Phi) is 7.81. The third-order valence-electron chi connectivity index (χ3n) is 3.66. The van der Waals surface area contributed by atoms with Gasteiger partial charge >= 0.3 is 0 Å². The van der Waals surface area contributed by atoms with Gasteiger partial charge in [-0.25, -0.2) is 4.98 Å². The molecule has 0 spiro atoms. The van der Waals surface area contributed by atoms with Gasteiger partial charge in [0.1, 0.15) is 6.10 Å². The first-order valence-corrected chi connectivity index (χ1v) is 8.76. The first kappa shape index (κ1) is 21.4. The molecule has 2 aromatic rings. The summed E-state index contributed by atoms with van der Waals surface area (Å²) in [5, 5.41) is 14.7. The minimum atomic E-state index is -1.50. The van der Waals surface area contributed by atoms with Crippen LogP contribution in [0.5, 0.6) is 0 Å². The molecule has 1 fully saturated rings. The van der Waals surface area contributed by atoms with E-state index in [-0.39, 0.29) is 6.10 Å². The zero-order valence-corrected chi connectivity index (χ0v) is 16.0. The lowest BCUT2D eigenvalue weighted by Crippen LogP contribution is -2.34. The average molecular weight is 420 g/mol. The van der Waals surface area contributed by atoms with E-state index in [0.29, 0.717) is 36.4 Å². The maximum Gasteiger partial charge on any atom is 0.291 e. The summed E-state index contributed by atoms with van der Waals surface area (Å²) in [7, 11) is 0. The van der Waals surface area contributed by atoms with Crippen LogP contribution in [0.1, 0.15) is 12.5 Å². The molecule has 2 atom stereocenters. The van der Waals surface area contributed by atoms with E-state index in [2.05, 4.69) is 4.98 Å². The second kappa shape index (κ2) is 9.86. The lowest BCUT2D eigenvalue weighted by Gasteiger charge is -2.30. The highest BCUT2D eigenvalue weighted by Crippen LogP contribution is 2.40. The molecule has 0 amide bonds.